The molecule has 162 valence electrons. The zero-order valence-corrected chi connectivity index (χ0v) is 17.8. The number of para-hydroxylation sites is 3. The smallest absolute Gasteiger partial charge is 0.343 e. The molecule has 0 bridgehead atoms. The summed E-state index contributed by atoms with van der Waals surface area (Å²) in [5.74, 6) is 0.876. The van der Waals surface area contributed by atoms with E-state index in [0.717, 1.165) is 48.7 Å². The summed E-state index contributed by atoms with van der Waals surface area (Å²) in [5, 5.41) is 10.2. The lowest BCUT2D eigenvalue weighted by atomic mass is 10.2. The SMILES string of the molecule is CN(c1ccccc1)c1ccccc1NC(=O)NCCCn1nc2n(c1=O)CCCC2. The first-order chi connectivity index (χ1) is 15.1. The van der Waals surface area contributed by atoms with Crippen molar-refractivity contribution in [1.82, 2.24) is 19.7 Å². The van der Waals surface area contributed by atoms with Gasteiger partial charge in [-0.25, -0.2) is 14.3 Å². The van der Waals surface area contributed by atoms with Gasteiger partial charge in [-0.3, -0.25) is 4.57 Å². The number of aryl methyl sites for hydroxylation is 2. The summed E-state index contributed by atoms with van der Waals surface area (Å²) in [7, 11) is 1.97. The van der Waals surface area contributed by atoms with Gasteiger partial charge in [-0.05, 0) is 43.5 Å². The summed E-state index contributed by atoms with van der Waals surface area (Å²) in [6, 6.07) is 17.4. The molecule has 1 aromatic heterocycles. The molecule has 0 saturated heterocycles. The Kier molecular flexibility index (Phi) is 6.35. The highest BCUT2D eigenvalue weighted by atomic mass is 16.2. The molecule has 0 unspecified atom stereocenters. The Morgan fingerprint density at radius 3 is 2.68 bits per heavy atom. The van der Waals surface area contributed by atoms with Crippen LogP contribution in [0.1, 0.15) is 25.1 Å². The molecule has 8 nitrogen and oxygen atoms in total. The number of nitrogens with zero attached hydrogens (tertiary/aromatic N) is 4. The van der Waals surface area contributed by atoms with E-state index in [0.29, 0.717) is 19.5 Å². The average molecular weight is 421 g/mol. The Hall–Kier alpha value is -3.55. The van der Waals surface area contributed by atoms with E-state index in [1.807, 2.05) is 66.5 Å². The highest BCUT2D eigenvalue weighted by Crippen LogP contribution is 2.30. The Morgan fingerprint density at radius 1 is 1.10 bits per heavy atom. The van der Waals surface area contributed by atoms with Crippen molar-refractivity contribution >= 4 is 23.1 Å². The van der Waals surface area contributed by atoms with E-state index in [4.69, 9.17) is 0 Å². The van der Waals surface area contributed by atoms with Crippen molar-refractivity contribution in [2.45, 2.75) is 38.8 Å². The third-order valence-electron chi connectivity index (χ3n) is 5.52. The highest BCUT2D eigenvalue weighted by molar-refractivity contribution is 5.94. The van der Waals surface area contributed by atoms with E-state index >= 15 is 0 Å². The third kappa shape index (κ3) is 4.79. The largest absolute Gasteiger partial charge is 0.345 e. The Labute approximate surface area is 181 Å². The quantitative estimate of drug-likeness (QED) is 0.574. The van der Waals surface area contributed by atoms with Crippen molar-refractivity contribution in [3.05, 3.63) is 70.9 Å². The van der Waals surface area contributed by atoms with E-state index in [2.05, 4.69) is 15.7 Å². The molecule has 0 atom stereocenters. The van der Waals surface area contributed by atoms with Crippen molar-refractivity contribution in [2.75, 3.05) is 23.8 Å². The molecule has 1 aliphatic rings. The second-order valence-corrected chi connectivity index (χ2v) is 7.68. The molecule has 1 aliphatic heterocycles. The van der Waals surface area contributed by atoms with Crippen molar-refractivity contribution in [3.63, 3.8) is 0 Å². The number of nitrogens with one attached hydrogen (secondary N) is 2. The van der Waals surface area contributed by atoms with Crippen LogP contribution in [-0.4, -0.2) is 34.0 Å². The number of aromatic nitrogens is 3. The number of hydrogen-bond acceptors (Lipinski definition) is 4. The number of urea groups is 1. The Bertz CT molecular complexity index is 1090. The van der Waals surface area contributed by atoms with Gasteiger partial charge >= 0.3 is 11.7 Å². The van der Waals surface area contributed by atoms with Gasteiger partial charge in [-0.15, -0.1) is 0 Å². The summed E-state index contributed by atoms with van der Waals surface area (Å²) in [6.07, 6.45) is 3.61. The van der Waals surface area contributed by atoms with Crippen molar-refractivity contribution in [2.24, 2.45) is 0 Å². The van der Waals surface area contributed by atoms with Gasteiger partial charge in [0.1, 0.15) is 5.82 Å². The van der Waals surface area contributed by atoms with Crippen LogP contribution >= 0.6 is 0 Å². The van der Waals surface area contributed by atoms with Gasteiger partial charge in [-0.1, -0.05) is 30.3 Å². The first-order valence-corrected chi connectivity index (χ1v) is 10.7. The van der Waals surface area contributed by atoms with Gasteiger partial charge in [-0.2, -0.15) is 5.10 Å². The van der Waals surface area contributed by atoms with E-state index in [-0.39, 0.29) is 11.7 Å². The lowest BCUT2D eigenvalue weighted by Gasteiger charge is -2.22. The summed E-state index contributed by atoms with van der Waals surface area (Å²) in [5.41, 5.74) is 2.62. The predicted molar refractivity (Wildman–Crippen MR) is 122 cm³/mol. The fraction of sp³-hybridized carbons (Fsp3) is 0.348. The lowest BCUT2D eigenvalue weighted by molar-refractivity contribution is 0.251. The van der Waals surface area contributed by atoms with Crippen LogP contribution in [0.5, 0.6) is 0 Å². The topological polar surface area (TPSA) is 84.2 Å². The van der Waals surface area contributed by atoms with E-state index < -0.39 is 0 Å². The number of fused-ring (bicyclic) bond motifs is 1. The molecule has 0 aliphatic carbocycles. The molecule has 2 heterocycles. The summed E-state index contributed by atoms with van der Waals surface area (Å²) in [4.78, 5) is 26.8. The zero-order valence-electron chi connectivity index (χ0n) is 17.8. The number of benzene rings is 2. The Morgan fingerprint density at radius 2 is 1.87 bits per heavy atom. The molecule has 2 amide bonds. The Balaban J connectivity index is 1.31. The number of anilines is 3. The van der Waals surface area contributed by atoms with Gasteiger partial charge < -0.3 is 15.5 Å². The summed E-state index contributed by atoms with van der Waals surface area (Å²) >= 11 is 0. The summed E-state index contributed by atoms with van der Waals surface area (Å²) < 4.78 is 3.29. The summed E-state index contributed by atoms with van der Waals surface area (Å²) in [6.45, 7) is 1.70. The molecule has 0 radical (unpaired) electrons. The second kappa shape index (κ2) is 9.51. The van der Waals surface area contributed by atoms with E-state index in [1.54, 1.807) is 4.57 Å². The lowest BCUT2D eigenvalue weighted by Crippen LogP contribution is -2.32. The van der Waals surface area contributed by atoms with Crippen LogP contribution in [0.15, 0.2) is 59.4 Å². The first-order valence-electron chi connectivity index (χ1n) is 10.7. The van der Waals surface area contributed by atoms with E-state index in [9.17, 15) is 9.59 Å². The molecule has 8 heteroatoms. The molecule has 3 aromatic rings. The van der Waals surface area contributed by atoms with Crippen LogP contribution in [0, 0.1) is 0 Å². The predicted octanol–water partition coefficient (Wildman–Crippen LogP) is 3.36. The number of amides is 2. The van der Waals surface area contributed by atoms with E-state index in [1.165, 1.54) is 4.68 Å². The standard InChI is InChI=1S/C23H28N6O2/c1-27(18-10-3-2-4-11-18)20-13-6-5-12-19(20)25-22(30)24-15-9-17-29-23(31)28-16-8-7-14-21(28)26-29/h2-6,10-13H,7-9,14-17H2,1H3,(H2,24,25,30). The van der Waals surface area contributed by atoms with Gasteiger partial charge in [0.25, 0.3) is 0 Å². The van der Waals surface area contributed by atoms with Crippen LogP contribution in [-0.2, 0) is 19.5 Å². The van der Waals surface area contributed by atoms with Crippen LogP contribution < -0.4 is 21.2 Å². The van der Waals surface area contributed by atoms with Crippen LogP contribution in [0.4, 0.5) is 21.9 Å². The third-order valence-corrected chi connectivity index (χ3v) is 5.52. The van der Waals surface area contributed by atoms with Gasteiger partial charge in [0, 0.05) is 38.8 Å². The number of rotatable bonds is 7. The molecule has 0 saturated carbocycles. The van der Waals surface area contributed by atoms with Crippen LogP contribution in [0.2, 0.25) is 0 Å². The molecular formula is C23H28N6O2. The minimum atomic E-state index is -0.273. The minimum Gasteiger partial charge on any atom is -0.343 e. The number of carbonyl (C=O) groups excluding carboxylic acids is 1. The van der Waals surface area contributed by atoms with Crippen molar-refractivity contribution < 1.29 is 4.79 Å². The first kappa shape index (κ1) is 20.7. The molecule has 2 N–H and O–H groups in total. The van der Waals surface area contributed by atoms with Crippen molar-refractivity contribution in [3.8, 4) is 0 Å². The zero-order chi connectivity index (χ0) is 21.6. The average Bonchev–Trinajstić information content (AvgIpc) is 3.13. The molecule has 4 rings (SSSR count). The minimum absolute atomic E-state index is 0.0444. The number of carbonyl (C=O) groups is 1. The van der Waals surface area contributed by atoms with Crippen LogP contribution in [0.3, 0.4) is 0 Å². The second-order valence-electron chi connectivity index (χ2n) is 7.68. The fourth-order valence-corrected chi connectivity index (χ4v) is 3.85. The molecular weight excluding hydrogens is 392 g/mol. The molecule has 0 fully saturated rings. The molecule has 0 spiro atoms. The van der Waals surface area contributed by atoms with Gasteiger partial charge in [0.2, 0.25) is 0 Å². The van der Waals surface area contributed by atoms with Gasteiger partial charge in [0.05, 0.1) is 11.4 Å². The molecule has 31 heavy (non-hydrogen) atoms. The van der Waals surface area contributed by atoms with Crippen LogP contribution in [0.25, 0.3) is 0 Å². The van der Waals surface area contributed by atoms with Crippen molar-refractivity contribution in [1.29, 1.82) is 0 Å². The fourth-order valence-electron chi connectivity index (χ4n) is 3.85. The normalized spacial score (nSPS) is 12.8. The maximum Gasteiger partial charge on any atom is 0.345 e. The maximum atomic E-state index is 12.4. The highest BCUT2D eigenvalue weighted by Gasteiger charge is 2.16. The number of hydrogen-bond donors (Lipinski definition) is 2. The maximum absolute atomic E-state index is 12.4. The van der Waals surface area contributed by atoms with Gasteiger partial charge in [0.15, 0.2) is 0 Å². The monoisotopic (exact) mass is 420 g/mol. The molecule has 2 aromatic carbocycles.